The lowest BCUT2D eigenvalue weighted by atomic mass is 9.85. The number of piperidine rings is 1. The molecule has 1 aliphatic heterocycles. The van der Waals surface area contributed by atoms with E-state index in [-0.39, 0.29) is 41.6 Å². The molecule has 6 amide bonds. The molecule has 0 aromatic heterocycles. The van der Waals surface area contributed by atoms with Crippen molar-refractivity contribution in [2.45, 2.75) is 105 Å². The van der Waals surface area contributed by atoms with Gasteiger partial charge >= 0.3 is 6.09 Å². The number of fused-ring (bicyclic) bond motifs is 1. The van der Waals surface area contributed by atoms with Gasteiger partial charge in [-0.15, -0.1) is 0 Å². The molecule has 14 nitrogen and oxygen atoms in total. The topological polar surface area (TPSA) is 183 Å². The smallest absolute Gasteiger partial charge is 0.408 e. The maximum absolute atomic E-state index is 14.2. The Labute approximate surface area is 307 Å². The van der Waals surface area contributed by atoms with Crippen LogP contribution >= 0.6 is 0 Å². The van der Waals surface area contributed by atoms with Crippen LogP contribution in [0.25, 0.3) is 0 Å². The largest absolute Gasteiger partial charge is 0.446 e. The summed E-state index contributed by atoms with van der Waals surface area (Å²) >= 11 is 0. The molecule has 1 aromatic carbocycles. The molecular weight excluding hydrogens is 668 g/mol. The molecule has 4 N–H and O–H groups in total. The average Bonchev–Trinajstić information content (AvgIpc) is 3.37. The van der Waals surface area contributed by atoms with Gasteiger partial charge in [0.25, 0.3) is 5.91 Å². The van der Waals surface area contributed by atoms with Crippen molar-refractivity contribution >= 4 is 41.4 Å². The minimum atomic E-state index is -1.21. The van der Waals surface area contributed by atoms with Crippen molar-refractivity contribution in [1.82, 2.24) is 31.1 Å². The second kappa shape index (κ2) is 16.9. The van der Waals surface area contributed by atoms with Crippen LogP contribution in [-0.2, 0) is 33.5 Å². The van der Waals surface area contributed by atoms with E-state index in [0.29, 0.717) is 18.5 Å². The number of likely N-dealkylation sites (N-methyl/N-ethyl adjacent to an activating group) is 1. The van der Waals surface area contributed by atoms with Crippen LogP contribution in [0.4, 0.5) is 4.79 Å². The van der Waals surface area contributed by atoms with Gasteiger partial charge in [0.05, 0.1) is 12.6 Å². The van der Waals surface area contributed by atoms with Gasteiger partial charge in [0.15, 0.2) is 0 Å². The zero-order valence-electron chi connectivity index (χ0n) is 32.5. The molecule has 2 fully saturated rings. The number of hydrogen-bond donors (Lipinski definition) is 4. The number of carbonyl (C=O) groups excluding carboxylic acids is 7. The van der Waals surface area contributed by atoms with Gasteiger partial charge < -0.3 is 35.8 Å². The Morgan fingerprint density at radius 2 is 1.58 bits per heavy atom. The van der Waals surface area contributed by atoms with Crippen LogP contribution in [0.5, 0.6) is 0 Å². The van der Waals surface area contributed by atoms with Gasteiger partial charge in [-0.3, -0.25) is 28.8 Å². The number of likely N-dealkylation sites (tertiary alicyclic amines) is 1. The first kappa shape index (κ1) is 41.9. The van der Waals surface area contributed by atoms with E-state index < -0.39 is 71.6 Å². The number of rotatable bonds is 15. The summed E-state index contributed by atoms with van der Waals surface area (Å²) in [6, 6.07) is 4.47. The standard InChI is InChI=1S/C38H58N6O8/c1-12-16-25(30(46)33(48)39-19-26(45)41-28(34(49)43(10)11)23-17-14-13-15-18-23)40-32(47)29-27-24(38(27,8)9)20-44(29)35(50)31(37(5,6)7)42-36(51)52-22(4)21(2)3/h13-15,17-18,21-22,24-25,27-29,31H,12,16,19-20H2,1-11H3,(H,39,48)(H,40,47)(H,41,45)(H,42,51)/t22-,24?,25?,27?,28+,29+,31-/m1/s1. The van der Waals surface area contributed by atoms with Gasteiger partial charge in [0.2, 0.25) is 29.4 Å². The summed E-state index contributed by atoms with van der Waals surface area (Å²) in [4.78, 5) is 96.0. The number of benzene rings is 1. The monoisotopic (exact) mass is 726 g/mol. The van der Waals surface area contributed by atoms with Crippen molar-refractivity contribution in [1.29, 1.82) is 0 Å². The highest BCUT2D eigenvalue weighted by Crippen LogP contribution is 2.65. The molecule has 14 heteroatoms. The molecule has 1 saturated heterocycles. The first-order chi connectivity index (χ1) is 24.1. The van der Waals surface area contributed by atoms with Crippen LogP contribution in [0.1, 0.15) is 86.8 Å². The molecule has 0 radical (unpaired) electrons. The maximum Gasteiger partial charge on any atom is 0.408 e. The number of alkyl carbamates (subject to hydrolysis) is 1. The van der Waals surface area contributed by atoms with Crippen LogP contribution in [0.3, 0.4) is 0 Å². The van der Waals surface area contributed by atoms with Gasteiger partial charge in [-0.25, -0.2) is 4.79 Å². The Kier molecular flexibility index (Phi) is 13.6. The lowest BCUT2D eigenvalue weighted by Crippen LogP contribution is -2.60. The molecule has 1 heterocycles. The predicted molar refractivity (Wildman–Crippen MR) is 194 cm³/mol. The number of ketones is 1. The second-order valence-corrected chi connectivity index (χ2v) is 16.2. The van der Waals surface area contributed by atoms with E-state index in [2.05, 4.69) is 21.3 Å². The molecule has 1 aliphatic carbocycles. The highest BCUT2D eigenvalue weighted by Gasteiger charge is 2.70. The molecule has 3 rings (SSSR count). The Hall–Kier alpha value is -4.49. The third-order valence-corrected chi connectivity index (χ3v) is 10.3. The van der Waals surface area contributed by atoms with Crippen molar-refractivity contribution in [3.8, 4) is 0 Å². The number of carbonyl (C=O) groups is 7. The maximum atomic E-state index is 14.2. The molecule has 7 atom stereocenters. The summed E-state index contributed by atoms with van der Waals surface area (Å²) in [7, 11) is 3.12. The molecule has 288 valence electrons. The van der Waals surface area contributed by atoms with Gasteiger partial charge in [0, 0.05) is 20.6 Å². The molecule has 0 bridgehead atoms. The second-order valence-electron chi connectivity index (χ2n) is 16.2. The number of nitrogens with zero attached hydrogens (tertiary/aromatic N) is 2. The lowest BCUT2D eigenvalue weighted by Gasteiger charge is -2.38. The Balaban J connectivity index is 1.73. The summed E-state index contributed by atoms with van der Waals surface area (Å²) in [6.45, 7) is 16.6. The first-order valence-electron chi connectivity index (χ1n) is 18.1. The van der Waals surface area contributed by atoms with Crippen molar-refractivity contribution in [3.63, 3.8) is 0 Å². The number of ether oxygens (including phenoxy) is 1. The first-order valence-corrected chi connectivity index (χ1v) is 18.1. The Morgan fingerprint density at radius 3 is 2.12 bits per heavy atom. The zero-order chi connectivity index (χ0) is 39.3. The summed E-state index contributed by atoms with van der Waals surface area (Å²) in [6.07, 6.45) is -0.518. The van der Waals surface area contributed by atoms with E-state index in [1.807, 2.05) is 48.5 Å². The molecular formula is C38H58N6O8. The predicted octanol–water partition coefficient (Wildman–Crippen LogP) is 2.57. The van der Waals surface area contributed by atoms with Crippen molar-refractivity contribution in [3.05, 3.63) is 35.9 Å². The zero-order valence-corrected chi connectivity index (χ0v) is 32.5. The number of hydrogen-bond acceptors (Lipinski definition) is 8. The highest BCUT2D eigenvalue weighted by atomic mass is 16.6. The minimum absolute atomic E-state index is 0.0296. The normalized spacial score (nSPS) is 21.1. The summed E-state index contributed by atoms with van der Waals surface area (Å²) in [5, 5.41) is 10.4. The van der Waals surface area contributed by atoms with Crippen LogP contribution in [-0.4, -0.2) is 103 Å². The van der Waals surface area contributed by atoms with Crippen molar-refractivity contribution < 1.29 is 38.3 Å². The van der Waals surface area contributed by atoms with Crippen LogP contribution < -0.4 is 21.3 Å². The Bertz CT molecular complexity index is 1500. The molecule has 1 saturated carbocycles. The SMILES string of the molecule is CCCC(NC(=O)[C@@H]1C2C(CN1C(=O)[C@@H](NC(=O)O[C@H](C)C(C)C)C(C)(C)C)C2(C)C)C(=O)C(=O)NCC(=O)N[C@H](C(=O)N(C)C)c1ccccc1. The van der Waals surface area contributed by atoms with Crippen LogP contribution in [0.2, 0.25) is 0 Å². The fourth-order valence-electron chi connectivity index (χ4n) is 6.71. The van der Waals surface area contributed by atoms with Gasteiger partial charge in [0.1, 0.15) is 24.2 Å². The van der Waals surface area contributed by atoms with E-state index in [9.17, 15) is 33.6 Å². The summed E-state index contributed by atoms with van der Waals surface area (Å²) in [5.41, 5.74) is -0.421. The van der Waals surface area contributed by atoms with E-state index >= 15 is 0 Å². The average molecular weight is 727 g/mol. The van der Waals surface area contributed by atoms with E-state index in [4.69, 9.17) is 4.74 Å². The third-order valence-electron chi connectivity index (χ3n) is 10.3. The lowest BCUT2D eigenvalue weighted by molar-refractivity contribution is -0.145. The minimum Gasteiger partial charge on any atom is -0.446 e. The summed E-state index contributed by atoms with van der Waals surface area (Å²) in [5.74, 6) is -4.17. The van der Waals surface area contributed by atoms with E-state index in [1.165, 1.54) is 9.80 Å². The fraction of sp³-hybridized carbons (Fsp3) is 0.658. The molecule has 0 spiro atoms. The quantitative estimate of drug-likeness (QED) is 0.199. The van der Waals surface area contributed by atoms with Gasteiger partial charge in [-0.1, -0.05) is 92.1 Å². The van der Waals surface area contributed by atoms with Gasteiger partial charge in [-0.2, -0.15) is 0 Å². The third kappa shape index (κ3) is 9.88. The van der Waals surface area contributed by atoms with Crippen LogP contribution in [0.15, 0.2) is 30.3 Å². The Morgan fingerprint density at radius 1 is 0.962 bits per heavy atom. The van der Waals surface area contributed by atoms with Crippen molar-refractivity contribution in [2.75, 3.05) is 27.2 Å². The molecule has 1 aromatic rings. The van der Waals surface area contributed by atoms with E-state index in [1.54, 1.807) is 58.3 Å². The van der Waals surface area contributed by atoms with Crippen molar-refractivity contribution in [2.24, 2.45) is 28.6 Å². The fourth-order valence-corrected chi connectivity index (χ4v) is 6.71. The number of amides is 6. The number of Topliss-reactive ketones (excluding diaryl/α,β-unsaturated/α-hetero) is 1. The van der Waals surface area contributed by atoms with Gasteiger partial charge in [-0.05, 0) is 47.5 Å². The highest BCUT2D eigenvalue weighted by molar-refractivity contribution is 6.38. The van der Waals surface area contributed by atoms with Crippen LogP contribution in [0, 0.1) is 28.6 Å². The number of nitrogens with one attached hydrogen (secondary N) is 4. The molecule has 2 aliphatic rings. The van der Waals surface area contributed by atoms with E-state index in [0.717, 1.165) is 0 Å². The summed E-state index contributed by atoms with van der Waals surface area (Å²) < 4.78 is 5.49. The molecule has 52 heavy (non-hydrogen) atoms. The molecule has 3 unspecified atom stereocenters.